The Morgan fingerprint density at radius 2 is 1.21 bits per heavy atom. The second-order valence-electron chi connectivity index (χ2n) is 8.25. The Hall–Kier alpha value is -0.280. The summed E-state index contributed by atoms with van der Waals surface area (Å²) in [6.45, 7) is 6.77. The largest absolute Gasteiger partial charge is 0.496 e. The SMILES string of the molecule is CCCCCCCCSCc1cc(C)c(OC)c(CSCCCCCCCC)c1. The van der Waals surface area contributed by atoms with Crippen molar-refractivity contribution in [1.82, 2.24) is 0 Å². The molecule has 3 heteroatoms. The van der Waals surface area contributed by atoms with E-state index < -0.39 is 0 Å². The molecule has 0 unspecified atom stereocenters. The summed E-state index contributed by atoms with van der Waals surface area (Å²) >= 11 is 4.17. The molecule has 0 aliphatic carbocycles. The third kappa shape index (κ3) is 12.9. The molecule has 1 aromatic carbocycles. The Morgan fingerprint density at radius 3 is 1.76 bits per heavy atom. The van der Waals surface area contributed by atoms with Crippen LogP contribution in [0, 0.1) is 6.92 Å². The van der Waals surface area contributed by atoms with Gasteiger partial charge in [0.05, 0.1) is 7.11 Å². The van der Waals surface area contributed by atoms with Gasteiger partial charge in [-0.05, 0) is 42.4 Å². The minimum atomic E-state index is 1.08. The van der Waals surface area contributed by atoms with Gasteiger partial charge in [0, 0.05) is 17.1 Å². The van der Waals surface area contributed by atoms with Crippen molar-refractivity contribution < 1.29 is 4.74 Å². The zero-order chi connectivity index (χ0) is 21.2. The van der Waals surface area contributed by atoms with Gasteiger partial charge in [0.1, 0.15) is 5.75 Å². The van der Waals surface area contributed by atoms with E-state index in [9.17, 15) is 0 Å². The Labute approximate surface area is 190 Å². The first-order valence-corrected chi connectivity index (χ1v) is 14.4. The van der Waals surface area contributed by atoms with E-state index in [2.05, 4.69) is 56.4 Å². The van der Waals surface area contributed by atoms with Gasteiger partial charge in [0.25, 0.3) is 0 Å². The number of hydrogen-bond donors (Lipinski definition) is 0. The monoisotopic (exact) mass is 438 g/mol. The molecule has 0 saturated heterocycles. The molecule has 1 aromatic rings. The fourth-order valence-corrected chi connectivity index (χ4v) is 5.69. The molecule has 0 aliphatic rings. The maximum Gasteiger partial charge on any atom is 0.125 e. The number of ether oxygens (including phenoxy) is 1. The second-order valence-corrected chi connectivity index (χ2v) is 10.5. The molecule has 29 heavy (non-hydrogen) atoms. The fraction of sp³-hybridized carbons (Fsp3) is 0.769. The van der Waals surface area contributed by atoms with Crippen LogP contribution in [0.3, 0.4) is 0 Å². The molecule has 0 heterocycles. The summed E-state index contributed by atoms with van der Waals surface area (Å²) in [5.74, 6) is 5.87. The van der Waals surface area contributed by atoms with Crippen molar-refractivity contribution in [3.05, 3.63) is 28.8 Å². The van der Waals surface area contributed by atoms with Gasteiger partial charge in [-0.3, -0.25) is 0 Å². The lowest BCUT2D eigenvalue weighted by molar-refractivity contribution is 0.408. The lowest BCUT2D eigenvalue weighted by Gasteiger charge is -2.14. The Balaban J connectivity index is 2.33. The Morgan fingerprint density at radius 1 is 0.690 bits per heavy atom. The molecule has 0 aromatic heterocycles. The average molecular weight is 439 g/mol. The molecule has 0 aliphatic heterocycles. The number of thioether (sulfide) groups is 2. The van der Waals surface area contributed by atoms with E-state index in [-0.39, 0.29) is 0 Å². The Bertz CT molecular complexity index is 516. The smallest absolute Gasteiger partial charge is 0.125 e. The van der Waals surface area contributed by atoms with Crippen LogP contribution in [-0.4, -0.2) is 18.6 Å². The quantitative estimate of drug-likeness (QED) is 0.199. The van der Waals surface area contributed by atoms with E-state index in [0.717, 1.165) is 17.3 Å². The summed E-state index contributed by atoms with van der Waals surface area (Å²) in [5.41, 5.74) is 4.15. The standard InChI is InChI=1S/C26H46OS2/c1-5-7-9-11-13-15-17-28-21-24-19-23(3)26(27-4)25(20-24)22-29-18-16-14-12-10-8-6-2/h19-20H,5-18,21-22H2,1-4H3. The van der Waals surface area contributed by atoms with Crippen LogP contribution in [0.15, 0.2) is 12.1 Å². The zero-order valence-electron chi connectivity index (χ0n) is 19.7. The molecule has 0 atom stereocenters. The van der Waals surface area contributed by atoms with Crippen LogP contribution >= 0.6 is 23.5 Å². The highest BCUT2D eigenvalue weighted by Gasteiger charge is 2.09. The van der Waals surface area contributed by atoms with Gasteiger partial charge in [-0.25, -0.2) is 0 Å². The maximum absolute atomic E-state index is 5.72. The number of aryl methyl sites for hydroxylation is 1. The van der Waals surface area contributed by atoms with Crippen molar-refractivity contribution >= 4 is 23.5 Å². The van der Waals surface area contributed by atoms with Gasteiger partial charge in [-0.2, -0.15) is 23.5 Å². The third-order valence-corrected chi connectivity index (χ3v) is 7.63. The van der Waals surface area contributed by atoms with Gasteiger partial charge in [0.2, 0.25) is 0 Å². The molecule has 0 fully saturated rings. The van der Waals surface area contributed by atoms with Crippen LogP contribution in [0.2, 0.25) is 0 Å². The molecule has 0 spiro atoms. The number of methoxy groups -OCH3 is 1. The van der Waals surface area contributed by atoms with Crippen molar-refractivity contribution in [2.75, 3.05) is 18.6 Å². The van der Waals surface area contributed by atoms with E-state index in [1.165, 1.54) is 105 Å². The number of unbranched alkanes of at least 4 members (excludes halogenated alkanes) is 10. The van der Waals surface area contributed by atoms with Crippen molar-refractivity contribution in [2.45, 2.75) is 109 Å². The van der Waals surface area contributed by atoms with Crippen LogP contribution < -0.4 is 4.74 Å². The van der Waals surface area contributed by atoms with E-state index in [0.29, 0.717) is 0 Å². The van der Waals surface area contributed by atoms with Crippen LogP contribution in [0.1, 0.15) is 108 Å². The first-order chi connectivity index (χ1) is 14.2. The first-order valence-electron chi connectivity index (χ1n) is 12.0. The lowest BCUT2D eigenvalue weighted by Crippen LogP contribution is -1.97. The van der Waals surface area contributed by atoms with E-state index in [1.807, 2.05) is 7.11 Å². The molecule has 0 bridgehead atoms. The zero-order valence-corrected chi connectivity index (χ0v) is 21.3. The number of rotatable bonds is 19. The summed E-state index contributed by atoms with van der Waals surface area (Å²) in [6, 6.07) is 4.73. The summed E-state index contributed by atoms with van der Waals surface area (Å²) < 4.78 is 5.72. The van der Waals surface area contributed by atoms with Crippen LogP contribution in [0.4, 0.5) is 0 Å². The van der Waals surface area contributed by atoms with Gasteiger partial charge in [-0.1, -0.05) is 90.2 Å². The fourth-order valence-electron chi connectivity index (χ4n) is 3.75. The van der Waals surface area contributed by atoms with Crippen molar-refractivity contribution in [3.8, 4) is 5.75 Å². The lowest BCUT2D eigenvalue weighted by atomic mass is 10.1. The van der Waals surface area contributed by atoms with Gasteiger partial charge in [0.15, 0.2) is 0 Å². The summed E-state index contributed by atoms with van der Waals surface area (Å²) in [6.07, 6.45) is 16.6. The first kappa shape index (κ1) is 26.8. The van der Waals surface area contributed by atoms with E-state index in [1.54, 1.807) is 0 Å². The number of benzene rings is 1. The molecule has 0 amide bonds. The molecule has 1 rings (SSSR count). The predicted octanol–water partition coefficient (Wildman–Crippen LogP) is 9.19. The topological polar surface area (TPSA) is 9.23 Å². The van der Waals surface area contributed by atoms with Gasteiger partial charge >= 0.3 is 0 Å². The normalized spacial score (nSPS) is 11.2. The minimum absolute atomic E-state index is 1.08. The molecule has 1 nitrogen and oxygen atoms in total. The maximum atomic E-state index is 5.72. The van der Waals surface area contributed by atoms with E-state index >= 15 is 0 Å². The molecule has 0 N–H and O–H groups in total. The summed E-state index contributed by atoms with van der Waals surface area (Å²) in [5, 5.41) is 0. The van der Waals surface area contributed by atoms with Crippen LogP contribution in [0.25, 0.3) is 0 Å². The highest BCUT2D eigenvalue weighted by Crippen LogP contribution is 2.30. The summed E-state index contributed by atoms with van der Waals surface area (Å²) in [4.78, 5) is 0. The second kappa shape index (κ2) is 18.5. The van der Waals surface area contributed by atoms with Crippen LogP contribution in [-0.2, 0) is 11.5 Å². The molecule has 0 radical (unpaired) electrons. The van der Waals surface area contributed by atoms with Crippen molar-refractivity contribution in [1.29, 1.82) is 0 Å². The van der Waals surface area contributed by atoms with Gasteiger partial charge < -0.3 is 4.74 Å². The molecule has 168 valence electrons. The highest BCUT2D eigenvalue weighted by molar-refractivity contribution is 7.98. The van der Waals surface area contributed by atoms with Gasteiger partial charge in [-0.15, -0.1) is 0 Å². The average Bonchev–Trinajstić information content (AvgIpc) is 2.72. The minimum Gasteiger partial charge on any atom is -0.496 e. The molecule has 0 saturated carbocycles. The number of hydrogen-bond acceptors (Lipinski definition) is 3. The molecular weight excluding hydrogens is 392 g/mol. The van der Waals surface area contributed by atoms with Crippen molar-refractivity contribution in [3.63, 3.8) is 0 Å². The Kier molecular flexibility index (Phi) is 17.1. The highest BCUT2D eigenvalue weighted by atomic mass is 32.2. The molecular formula is C26H46OS2. The van der Waals surface area contributed by atoms with E-state index in [4.69, 9.17) is 4.74 Å². The third-order valence-electron chi connectivity index (χ3n) is 5.43. The van der Waals surface area contributed by atoms with Crippen LogP contribution in [0.5, 0.6) is 5.75 Å². The summed E-state index contributed by atoms with van der Waals surface area (Å²) in [7, 11) is 1.82. The van der Waals surface area contributed by atoms with Crippen molar-refractivity contribution in [2.24, 2.45) is 0 Å². The predicted molar refractivity (Wildman–Crippen MR) is 137 cm³/mol.